The molecule has 104 valence electrons. The van der Waals surface area contributed by atoms with Crippen LogP contribution < -0.4 is 15.5 Å². The minimum atomic E-state index is 0.0334. The Balaban J connectivity index is 2.18. The summed E-state index contributed by atoms with van der Waals surface area (Å²) in [5, 5.41) is 6.02. The summed E-state index contributed by atoms with van der Waals surface area (Å²) in [5.41, 5.74) is 0. The number of carbonyl (C=O) groups excluding carboxylic acids is 1. The summed E-state index contributed by atoms with van der Waals surface area (Å²) in [7, 11) is 0. The summed E-state index contributed by atoms with van der Waals surface area (Å²) in [5.74, 6) is 1.40. The smallest absolute Gasteiger partial charge is 0.239 e. The Bertz CT molecular complexity index is 454. The van der Waals surface area contributed by atoms with E-state index in [0.717, 1.165) is 42.8 Å². The van der Waals surface area contributed by atoms with Crippen LogP contribution in [0.15, 0.2) is 10.7 Å². The summed E-state index contributed by atoms with van der Waals surface area (Å²) in [6, 6.07) is 0. The van der Waals surface area contributed by atoms with Crippen molar-refractivity contribution in [2.45, 2.75) is 19.8 Å². The quantitative estimate of drug-likeness (QED) is 0.874. The van der Waals surface area contributed by atoms with Crippen molar-refractivity contribution in [2.75, 3.05) is 36.4 Å². The van der Waals surface area contributed by atoms with E-state index in [-0.39, 0.29) is 5.91 Å². The molecule has 6 nitrogen and oxygen atoms in total. The van der Waals surface area contributed by atoms with Crippen molar-refractivity contribution in [1.29, 1.82) is 0 Å². The fraction of sp³-hybridized carbons (Fsp3) is 0.583. The van der Waals surface area contributed by atoms with Crippen molar-refractivity contribution >= 4 is 33.6 Å². The van der Waals surface area contributed by atoms with Crippen molar-refractivity contribution in [3.63, 3.8) is 0 Å². The molecule has 2 rings (SSSR count). The van der Waals surface area contributed by atoms with Gasteiger partial charge in [-0.1, -0.05) is 6.92 Å². The van der Waals surface area contributed by atoms with Gasteiger partial charge in [-0.05, 0) is 28.8 Å². The second-order valence-electron chi connectivity index (χ2n) is 4.42. The lowest BCUT2D eigenvalue weighted by Crippen LogP contribution is -2.33. The molecule has 1 saturated heterocycles. The molecule has 0 radical (unpaired) electrons. The van der Waals surface area contributed by atoms with Crippen molar-refractivity contribution in [3.8, 4) is 0 Å². The fourth-order valence-corrected chi connectivity index (χ4v) is 2.33. The molecular formula is C12H18BrN5O. The SMILES string of the molecule is CCCNc1ncc(Br)c(N2CCCNC(=O)C2)n1. The van der Waals surface area contributed by atoms with E-state index < -0.39 is 0 Å². The van der Waals surface area contributed by atoms with Gasteiger partial charge in [-0.2, -0.15) is 4.98 Å². The number of nitrogens with zero attached hydrogens (tertiary/aromatic N) is 3. The molecule has 2 N–H and O–H groups in total. The first-order valence-electron chi connectivity index (χ1n) is 6.48. The van der Waals surface area contributed by atoms with E-state index in [9.17, 15) is 4.79 Å². The zero-order valence-corrected chi connectivity index (χ0v) is 12.5. The number of hydrogen-bond donors (Lipinski definition) is 2. The van der Waals surface area contributed by atoms with E-state index in [1.807, 2.05) is 4.90 Å². The molecule has 1 amide bonds. The maximum Gasteiger partial charge on any atom is 0.239 e. The molecule has 2 heterocycles. The molecule has 1 aliphatic rings. The Morgan fingerprint density at radius 3 is 3.21 bits per heavy atom. The lowest BCUT2D eigenvalue weighted by molar-refractivity contribution is -0.119. The molecule has 7 heteroatoms. The Kier molecular flexibility index (Phi) is 4.95. The number of hydrogen-bond acceptors (Lipinski definition) is 5. The van der Waals surface area contributed by atoms with Crippen LogP contribution in [0.5, 0.6) is 0 Å². The van der Waals surface area contributed by atoms with Crippen LogP contribution >= 0.6 is 15.9 Å². The Morgan fingerprint density at radius 1 is 1.58 bits per heavy atom. The highest BCUT2D eigenvalue weighted by molar-refractivity contribution is 9.10. The minimum Gasteiger partial charge on any atom is -0.354 e. The van der Waals surface area contributed by atoms with Crippen molar-refractivity contribution < 1.29 is 4.79 Å². The van der Waals surface area contributed by atoms with Gasteiger partial charge in [0.1, 0.15) is 5.82 Å². The first-order valence-corrected chi connectivity index (χ1v) is 7.28. The summed E-state index contributed by atoms with van der Waals surface area (Å²) in [6.45, 7) is 4.79. The van der Waals surface area contributed by atoms with Gasteiger partial charge in [-0.3, -0.25) is 4.79 Å². The predicted molar refractivity (Wildman–Crippen MR) is 78.4 cm³/mol. The molecule has 0 unspecified atom stereocenters. The molecule has 1 aliphatic heterocycles. The molecule has 1 aromatic heterocycles. The van der Waals surface area contributed by atoms with Gasteiger partial charge >= 0.3 is 0 Å². The van der Waals surface area contributed by atoms with Crippen LogP contribution in [-0.4, -0.2) is 42.1 Å². The Hall–Kier alpha value is -1.37. The highest BCUT2D eigenvalue weighted by Crippen LogP contribution is 2.24. The Morgan fingerprint density at radius 2 is 2.42 bits per heavy atom. The number of carbonyl (C=O) groups is 1. The normalized spacial score (nSPS) is 15.9. The van der Waals surface area contributed by atoms with Crippen molar-refractivity contribution in [3.05, 3.63) is 10.7 Å². The Labute approximate surface area is 121 Å². The average molecular weight is 328 g/mol. The standard InChI is InChI=1S/C12H18BrN5O/c1-2-4-15-12-16-7-9(13)11(17-12)18-6-3-5-14-10(19)8-18/h7H,2-6,8H2,1H3,(H,14,19)(H,15,16,17). The summed E-state index contributed by atoms with van der Waals surface area (Å²) in [6.07, 6.45) is 3.66. The number of anilines is 2. The largest absolute Gasteiger partial charge is 0.354 e. The highest BCUT2D eigenvalue weighted by atomic mass is 79.9. The first kappa shape index (κ1) is 14.0. The van der Waals surface area contributed by atoms with Gasteiger partial charge in [0, 0.05) is 25.8 Å². The molecule has 19 heavy (non-hydrogen) atoms. The predicted octanol–water partition coefficient (Wildman–Crippen LogP) is 1.39. The van der Waals surface area contributed by atoms with Crippen LogP contribution in [0, 0.1) is 0 Å². The molecule has 1 fully saturated rings. The second-order valence-corrected chi connectivity index (χ2v) is 5.27. The van der Waals surface area contributed by atoms with Gasteiger partial charge in [0.15, 0.2) is 0 Å². The third-order valence-corrected chi connectivity index (χ3v) is 3.38. The van der Waals surface area contributed by atoms with Gasteiger partial charge in [0.05, 0.1) is 11.0 Å². The van der Waals surface area contributed by atoms with E-state index in [1.165, 1.54) is 0 Å². The third kappa shape index (κ3) is 3.79. The molecule has 0 bridgehead atoms. The van der Waals surface area contributed by atoms with Gasteiger partial charge < -0.3 is 15.5 Å². The van der Waals surface area contributed by atoms with Crippen LogP contribution in [0.1, 0.15) is 19.8 Å². The van der Waals surface area contributed by atoms with E-state index in [2.05, 4.69) is 43.5 Å². The van der Waals surface area contributed by atoms with Gasteiger partial charge in [0.25, 0.3) is 0 Å². The molecular weight excluding hydrogens is 310 g/mol. The van der Waals surface area contributed by atoms with Crippen LogP contribution in [-0.2, 0) is 4.79 Å². The van der Waals surface area contributed by atoms with Crippen molar-refractivity contribution in [2.24, 2.45) is 0 Å². The summed E-state index contributed by atoms with van der Waals surface area (Å²) >= 11 is 3.45. The maximum atomic E-state index is 11.6. The minimum absolute atomic E-state index is 0.0334. The number of halogens is 1. The van der Waals surface area contributed by atoms with E-state index in [4.69, 9.17) is 0 Å². The molecule has 0 spiro atoms. The summed E-state index contributed by atoms with van der Waals surface area (Å²) in [4.78, 5) is 22.3. The molecule has 0 saturated carbocycles. The van der Waals surface area contributed by atoms with Gasteiger partial charge in [-0.15, -0.1) is 0 Å². The van der Waals surface area contributed by atoms with Crippen LogP contribution in [0.25, 0.3) is 0 Å². The van der Waals surface area contributed by atoms with Gasteiger partial charge in [0.2, 0.25) is 11.9 Å². The second kappa shape index (κ2) is 6.70. The van der Waals surface area contributed by atoms with Crippen LogP contribution in [0.2, 0.25) is 0 Å². The highest BCUT2D eigenvalue weighted by Gasteiger charge is 2.19. The van der Waals surface area contributed by atoms with Crippen LogP contribution in [0.4, 0.5) is 11.8 Å². The lowest BCUT2D eigenvalue weighted by Gasteiger charge is -2.21. The van der Waals surface area contributed by atoms with E-state index >= 15 is 0 Å². The molecule has 1 aromatic rings. The van der Waals surface area contributed by atoms with Crippen molar-refractivity contribution in [1.82, 2.24) is 15.3 Å². The number of nitrogens with one attached hydrogen (secondary N) is 2. The molecule has 0 aromatic carbocycles. The number of rotatable bonds is 4. The third-order valence-electron chi connectivity index (χ3n) is 2.82. The monoisotopic (exact) mass is 327 g/mol. The maximum absolute atomic E-state index is 11.6. The molecule has 0 atom stereocenters. The molecule has 0 aliphatic carbocycles. The first-order chi connectivity index (χ1) is 9.20. The summed E-state index contributed by atoms with van der Waals surface area (Å²) < 4.78 is 0.809. The van der Waals surface area contributed by atoms with Crippen LogP contribution in [0.3, 0.4) is 0 Å². The fourth-order valence-electron chi connectivity index (χ4n) is 1.89. The zero-order valence-electron chi connectivity index (χ0n) is 10.9. The lowest BCUT2D eigenvalue weighted by atomic mass is 10.4. The zero-order chi connectivity index (χ0) is 13.7. The van der Waals surface area contributed by atoms with E-state index in [0.29, 0.717) is 12.5 Å². The average Bonchev–Trinajstić information content (AvgIpc) is 2.62. The number of amides is 1. The van der Waals surface area contributed by atoms with E-state index in [1.54, 1.807) is 6.20 Å². The topological polar surface area (TPSA) is 70.2 Å². The van der Waals surface area contributed by atoms with Gasteiger partial charge in [-0.25, -0.2) is 4.98 Å². The number of aromatic nitrogens is 2.